The van der Waals surface area contributed by atoms with E-state index in [4.69, 9.17) is 14.2 Å². The smallest absolute Gasteiger partial charge is 0.311 e. The third-order valence-corrected chi connectivity index (χ3v) is 3.58. The van der Waals surface area contributed by atoms with Crippen LogP contribution in [0.2, 0.25) is 0 Å². The zero-order valence-corrected chi connectivity index (χ0v) is 11.8. The third-order valence-electron chi connectivity index (χ3n) is 3.58. The Balaban J connectivity index is 1.78. The van der Waals surface area contributed by atoms with Crippen molar-refractivity contribution in [2.24, 2.45) is 5.92 Å². The minimum absolute atomic E-state index is 0.0790. The molecule has 112 valence electrons. The standard InChI is InChI=1S/C15H17NO5/c1-2-19-15(18)10-7-14(17)16(9-10)11-3-4-12-13(8-11)21-6-5-20-12/h3-4,8,10H,2,5-7,9H2,1H3. The lowest BCUT2D eigenvalue weighted by Gasteiger charge is -2.22. The van der Waals surface area contributed by atoms with Gasteiger partial charge in [-0.1, -0.05) is 0 Å². The van der Waals surface area contributed by atoms with E-state index < -0.39 is 5.92 Å². The molecule has 0 radical (unpaired) electrons. The highest BCUT2D eigenvalue weighted by Gasteiger charge is 2.36. The molecule has 6 nitrogen and oxygen atoms in total. The van der Waals surface area contributed by atoms with Crippen LogP contribution in [0.25, 0.3) is 0 Å². The first-order valence-electron chi connectivity index (χ1n) is 7.05. The molecule has 3 rings (SSSR count). The predicted octanol–water partition coefficient (Wildman–Crippen LogP) is 1.37. The molecule has 1 saturated heterocycles. The van der Waals surface area contributed by atoms with Gasteiger partial charge in [0.15, 0.2) is 11.5 Å². The summed E-state index contributed by atoms with van der Waals surface area (Å²) in [5, 5.41) is 0. The zero-order valence-electron chi connectivity index (χ0n) is 11.8. The van der Waals surface area contributed by atoms with Gasteiger partial charge >= 0.3 is 5.97 Å². The zero-order chi connectivity index (χ0) is 14.8. The largest absolute Gasteiger partial charge is 0.486 e. The topological polar surface area (TPSA) is 65.1 Å². The van der Waals surface area contributed by atoms with Gasteiger partial charge in [-0.25, -0.2) is 0 Å². The molecule has 0 spiro atoms. The molecule has 0 aliphatic carbocycles. The molecule has 6 heteroatoms. The third kappa shape index (κ3) is 2.66. The minimum atomic E-state index is -0.398. The fourth-order valence-electron chi connectivity index (χ4n) is 2.58. The molecule has 1 aromatic carbocycles. The van der Waals surface area contributed by atoms with E-state index in [2.05, 4.69) is 0 Å². The molecular formula is C15H17NO5. The van der Waals surface area contributed by atoms with Crippen molar-refractivity contribution in [3.8, 4) is 11.5 Å². The normalized spacial score (nSPS) is 20.5. The van der Waals surface area contributed by atoms with Crippen LogP contribution in [0.4, 0.5) is 5.69 Å². The van der Waals surface area contributed by atoms with E-state index in [1.54, 1.807) is 30.0 Å². The molecule has 0 saturated carbocycles. The van der Waals surface area contributed by atoms with E-state index in [0.717, 1.165) is 5.69 Å². The van der Waals surface area contributed by atoms with Gasteiger partial charge in [0.05, 0.1) is 12.5 Å². The van der Waals surface area contributed by atoms with E-state index in [1.807, 2.05) is 0 Å². The first-order valence-corrected chi connectivity index (χ1v) is 7.05. The SMILES string of the molecule is CCOC(=O)C1CC(=O)N(c2ccc3c(c2)OCCO3)C1. The maximum atomic E-state index is 12.1. The summed E-state index contributed by atoms with van der Waals surface area (Å²) in [5.74, 6) is 0.519. The summed E-state index contributed by atoms with van der Waals surface area (Å²) in [6, 6.07) is 5.37. The van der Waals surface area contributed by atoms with E-state index in [1.165, 1.54) is 0 Å². The quantitative estimate of drug-likeness (QED) is 0.787. The molecule has 2 aliphatic rings. The summed E-state index contributed by atoms with van der Waals surface area (Å²) in [6.45, 7) is 3.45. The maximum absolute atomic E-state index is 12.1. The molecule has 2 aliphatic heterocycles. The van der Waals surface area contributed by atoms with Crippen molar-refractivity contribution in [3.05, 3.63) is 18.2 Å². The number of carbonyl (C=O) groups is 2. The molecule has 1 fully saturated rings. The van der Waals surface area contributed by atoms with Gasteiger partial charge in [0, 0.05) is 24.7 Å². The van der Waals surface area contributed by atoms with Crippen molar-refractivity contribution in [1.29, 1.82) is 0 Å². The molecular weight excluding hydrogens is 274 g/mol. The average molecular weight is 291 g/mol. The van der Waals surface area contributed by atoms with Gasteiger partial charge in [0.1, 0.15) is 13.2 Å². The second-order valence-electron chi connectivity index (χ2n) is 4.99. The second-order valence-corrected chi connectivity index (χ2v) is 4.99. The number of carbonyl (C=O) groups excluding carboxylic acids is 2. The van der Waals surface area contributed by atoms with Crippen LogP contribution in [-0.2, 0) is 14.3 Å². The molecule has 0 N–H and O–H groups in total. The molecule has 1 amide bonds. The molecule has 2 heterocycles. The molecule has 1 unspecified atom stereocenters. The number of esters is 1. The van der Waals surface area contributed by atoms with Crippen molar-refractivity contribution in [3.63, 3.8) is 0 Å². The van der Waals surface area contributed by atoms with Crippen LogP contribution in [0.5, 0.6) is 11.5 Å². The minimum Gasteiger partial charge on any atom is -0.486 e. The highest BCUT2D eigenvalue weighted by atomic mass is 16.6. The van der Waals surface area contributed by atoms with E-state index in [9.17, 15) is 9.59 Å². The molecule has 0 bridgehead atoms. The summed E-state index contributed by atoms with van der Waals surface area (Å²) in [5.41, 5.74) is 0.719. The number of benzene rings is 1. The van der Waals surface area contributed by atoms with Crippen LogP contribution in [0.1, 0.15) is 13.3 Å². The summed E-state index contributed by atoms with van der Waals surface area (Å²) in [7, 11) is 0. The van der Waals surface area contributed by atoms with Gasteiger partial charge < -0.3 is 19.1 Å². The van der Waals surface area contributed by atoms with Gasteiger partial charge in [0.2, 0.25) is 5.91 Å². The van der Waals surface area contributed by atoms with Crippen molar-refractivity contribution in [1.82, 2.24) is 0 Å². The fraction of sp³-hybridized carbons (Fsp3) is 0.467. The number of fused-ring (bicyclic) bond motifs is 1. The van der Waals surface area contributed by atoms with E-state index >= 15 is 0 Å². The van der Waals surface area contributed by atoms with Crippen molar-refractivity contribution < 1.29 is 23.8 Å². The Morgan fingerprint density at radius 3 is 2.86 bits per heavy atom. The lowest BCUT2D eigenvalue weighted by molar-refractivity contribution is -0.147. The molecule has 0 aromatic heterocycles. The summed E-state index contributed by atoms with van der Waals surface area (Å²) in [4.78, 5) is 25.5. The summed E-state index contributed by atoms with van der Waals surface area (Å²) < 4.78 is 16.0. The number of anilines is 1. The average Bonchev–Trinajstić information content (AvgIpc) is 2.89. The lowest BCUT2D eigenvalue weighted by atomic mass is 10.1. The fourth-order valence-corrected chi connectivity index (χ4v) is 2.58. The van der Waals surface area contributed by atoms with Crippen LogP contribution in [0.3, 0.4) is 0 Å². The van der Waals surface area contributed by atoms with Crippen molar-refractivity contribution in [2.75, 3.05) is 31.3 Å². The van der Waals surface area contributed by atoms with Gasteiger partial charge in [-0.3, -0.25) is 9.59 Å². The van der Waals surface area contributed by atoms with Crippen LogP contribution < -0.4 is 14.4 Å². The van der Waals surface area contributed by atoms with Gasteiger partial charge in [-0.2, -0.15) is 0 Å². The Morgan fingerprint density at radius 2 is 2.10 bits per heavy atom. The maximum Gasteiger partial charge on any atom is 0.311 e. The highest BCUT2D eigenvalue weighted by molar-refractivity contribution is 5.99. The van der Waals surface area contributed by atoms with E-state index in [0.29, 0.717) is 37.9 Å². The van der Waals surface area contributed by atoms with Crippen molar-refractivity contribution >= 4 is 17.6 Å². The Labute approximate surface area is 122 Å². The number of nitrogens with zero attached hydrogens (tertiary/aromatic N) is 1. The molecule has 21 heavy (non-hydrogen) atoms. The van der Waals surface area contributed by atoms with E-state index in [-0.39, 0.29) is 18.3 Å². The lowest BCUT2D eigenvalue weighted by Crippen LogP contribution is -2.26. The van der Waals surface area contributed by atoms with Crippen molar-refractivity contribution in [2.45, 2.75) is 13.3 Å². The Morgan fingerprint density at radius 1 is 1.33 bits per heavy atom. The number of ether oxygens (including phenoxy) is 3. The van der Waals surface area contributed by atoms with Gasteiger partial charge in [0.25, 0.3) is 0 Å². The van der Waals surface area contributed by atoms with Gasteiger partial charge in [-0.05, 0) is 19.1 Å². The number of hydrogen-bond acceptors (Lipinski definition) is 5. The molecule has 1 atom stereocenters. The first kappa shape index (κ1) is 13.7. The number of rotatable bonds is 3. The Hall–Kier alpha value is -2.24. The predicted molar refractivity (Wildman–Crippen MR) is 74.5 cm³/mol. The Bertz CT molecular complexity index is 571. The monoisotopic (exact) mass is 291 g/mol. The van der Waals surface area contributed by atoms with Crippen LogP contribution >= 0.6 is 0 Å². The number of amides is 1. The van der Waals surface area contributed by atoms with Crippen LogP contribution in [0, 0.1) is 5.92 Å². The van der Waals surface area contributed by atoms with Gasteiger partial charge in [-0.15, -0.1) is 0 Å². The Kier molecular flexibility index (Phi) is 3.68. The summed E-state index contributed by atoms with van der Waals surface area (Å²) >= 11 is 0. The first-order chi connectivity index (χ1) is 10.2. The number of hydrogen-bond donors (Lipinski definition) is 0. The van der Waals surface area contributed by atoms with Crippen LogP contribution in [-0.4, -0.2) is 38.2 Å². The molecule has 1 aromatic rings. The second kappa shape index (κ2) is 5.63. The van der Waals surface area contributed by atoms with Crippen LogP contribution in [0.15, 0.2) is 18.2 Å². The summed E-state index contributed by atoms with van der Waals surface area (Å²) in [6.07, 6.45) is 0.188. The highest BCUT2D eigenvalue weighted by Crippen LogP contribution is 2.36.